The summed E-state index contributed by atoms with van der Waals surface area (Å²) in [7, 11) is 0. The van der Waals surface area contributed by atoms with E-state index in [0.29, 0.717) is 10.9 Å². The maximum atomic E-state index is 13.6. The van der Waals surface area contributed by atoms with Crippen LogP contribution in [-0.2, 0) is 6.42 Å². The predicted molar refractivity (Wildman–Crippen MR) is 82.4 cm³/mol. The lowest BCUT2D eigenvalue weighted by Gasteiger charge is -2.18. The molecule has 2 rings (SSSR count). The van der Waals surface area contributed by atoms with Crippen LogP contribution in [0.1, 0.15) is 35.6 Å². The van der Waals surface area contributed by atoms with E-state index in [1.165, 1.54) is 6.07 Å². The zero-order valence-corrected chi connectivity index (χ0v) is 13.6. The van der Waals surface area contributed by atoms with E-state index in [1.807, 2.05) is 19.9 Å². The first-order valence-corrected chi connectivity index (χ1v) is 7.55. The monoisotopic (exact) mass is 339 g/mol. The smallest absolute Gasteiger partial charge is 0.137 e. The summed E-state index contributed by atoms with van der Waals surface area (Å²) in [5.41, 5.74) is 2.09. The van der Waals surface area contributed by atoms with Crippen LogP contribution in [0.25, 0.3) is 0 Å². The first kappa shape index (κ1) is 15.3. The molecule has 1 aromatic heterocycles. The SMILES string of the molecule is CCNC(Cc1cccc(F)c1Br)c1cc(C)oc1C. The highest BCUT2D eigenvalue weighted by Crippen LogP contribution is 2.28. The molecule has 20 heavy (non-hydrogen) atoms. The van der Waals surface area contributed by atoms with Crippen molar-refractivity contribution in [2.24, 2.45) is 0 Å². The van der Waals surface area contributed by atoms with E-state index < -0.39 is 0 Å². The zero-order chi connectivity index (χ0) is 14.7. The predicted octanol–water partition coefficient (Wildman–Crippen LogP) is 4.69. The minimum absolute atomic E-state index is 0.121. The highest BCUT2D eigenvalue weighted by Gasteiger charge is 2.18. The summed E-state index contributed by atoms with van der Waals surface area (Å²) in [6.07, 6.45) is 0.714. The van der Waals surface area contributed by atoms with Crippen LogP contribution < -0.4 is 5.32 Å². The Kier molecular flexibility index (Phi) is 5.00. The molecule has 0 aliphatic heterocycles. The van der Waals surface area contributed by atoms with Crippen molar-refractivity contribution in [2.75, 3.05) is 6.54 Å². The Morgan fingerprint density at radius 2 is 2.10 bits per heavy atom. The van der Waals surface area contributed by atoms with Gasteiger partial charge in [0.25, 0.3) is 0 Å². The molecule has 1 aromatic carbocycles. The fourth-order valence-corrected chi connectivity index (χ4v) is 2.89. The second kappa shape index (κ2) is 6.55. The van der Waals surface area contributed by atoms with Crippen molar-refractivity contribution in [1.29, 1.82) is 0 Å². The number of hydrogen-bond donors (Lipinski definition) is 1. The van der Waals surface area contributed by atoms with Gasteiger partial charge in [0.2, 0.25) is 0 Å². The molecule has 2 nitrogen and oxygen atoms in total. The maximum absolute atomic E-state index is 13.6. The molecule has 4 heteroatoms. The molecule has 0 fully saturated rings. The summed E-state index contributed by atoms with van der Waals surface area (Å²) in [4.78, 5) is 0. The molecule has 0 radical (unpaired) electrons. The van der Waals surface area contributed by atoms with Crippen molar-refractivity contribution in [3.63, 3.8) is 0 Å². The van der Waals surface area contributed by atoms with Gasteiger partial charge in [0.05, 0.1) is 4.47 Å². The molecule has 0 saturated heterocycles. The van der Waals surface area contributed by atoms with E-state index in [2.05, 4.69) is 34.2 Å². The van der Waals surface area contributed by atoms with Gasteiger partial charge in [0.1, 0.15) is 17.3 Å². The first-order chi connectivity index (χ1) is 9.52. The third-order valence-corrected chi connectivity index (χ3v) is 4.25. The number of furan rings is 1. The molecule has 1 N–H and O–H groups in total. The Labute approximate surface area is 127 Å². The van der Waals surface area contributed by atoms with Crippen LogP contribution in [-0.4, -0.2) is 6.54 Å². The van der Waals surface area contributed by atoms with Gasteiger partial charge in [0.15, 0.2) is 0 Å². The van der Waals surface area contributed by atoms with Crippen LogP contribution in [0.3, 0.4) is 0 Å². The average Bonchev–Trinajstić information content (AvgIpc) is 2.73. The van der Waals surface area contributed by atoms with Crippen LogP contribution in [0.15, 0.2) is 33.2 Å². The number of benzene rings is 1. The van der Waals surface area contributed by atoms with Crippen molar-refractivity contribution < 1.29 is 8.81 Å². The van der Waals surface area contributed by atoms with Crippen molar-refractivity contribution >= 4 is 15.9 Å². The number of aryl methyl sites for hydroxylation is 2. The fourth-order valence-electron chi connectivity index (χ4n) is 2.46. The fraction of sp³-hybridized carbons (Fsp3) is 0.375. The van der Waals surface area contributed by atoms with E-state index in [0.717, 1.165) is 29.2 Å². The highest BCUT2D eigenvalue weighted by atomic mass is 79.9. The minimum Gasteiger partial charge on any atom is -0.466 e. The second-order valence-electron chi connectivity index (χ2n) is 4.90. The summed E-state index contributed by atoms with van der Waals surface area (Å²) in [5, 5.41) is 3.44. The molecule has 1 unspecified atom stereocenters. The van der Waals surface area contributed by atoms with Crippen LogP contribution in [0.2, 0.25) is 0 Å². The van der Waals surface area contributed by atoms with Crippen molar-refractivity contribution in [2.45, 2.75) is 33.2 Å². The third kappa shape index (κ3) is 3.30. The molecule has 108 valence electrons. The Morgan fingerprint density at radius 1 is 1.35 bits per heavy atom. The summed E-state index contributed by atoms with van der Waals surface area (Å²) in [5.74, 6) is 1.59. The van der Waals surface area contributed by atoms with Gasteiger partial charge in [-0.1, -0.05) is 19.1 Å². The number of likely N-dealkylation sites (N-methyl/N-ethyl adjacent to an activating group) is 1. The molecule has 0 saturated carbocycles. The van der Waals surface area contributed by atoms with Gasteiger partial charge in [0, 0.05) is 11.6 Å². The van der Waals surface area contributed by atoms with Gasteiger partial charge in [-0.3, -0.25) is 0 Å². The van der Waals surface area contributed by atoms with Crippen molar-refractivity contribution in [1.82, 2.24) is 5.32 Å². The molecule has 2 aromatic rings. The summed E-state index contributed by atoms with van der Waals surface area (Å²) in [6.45, 7) is 6.82. The third-order valence-electron chi connectivity index (χ3n) is 3.36. The standard InChI is InChI=1S/C16H19BrFNO/c1-4-19-15(13-8-10(2)20-11(13)3)9-12-6-5-7-14(18)16(12)17/h5-8,15,19H,4,9H2,1-3H3. The second-order valence-corrected chi connectivity index (χ2v) is 5.69. The molecule has 0 aliphatic carbocycles. The van der Waals surface area contributed by atoms with Gasteiger partial charge in [-0.15, -0.1) is 0 Å². The molecule has 0 bridgehead atoms. The Morgan fingerprint density at radius 3 is 2.70 bits per heavy atom. The normalized spacial score (nSPS) is 12.7. The Balaban J connectivity index is 2.30. The Bertz CT molecular complexity index is 594. The summed E-state index contributed by atoms with van der Waals surface area (Å²) in [6, 6.07) is 7.32. The van der Waals surface area contributed by atoms with Crippen LogP contribution in [0.4, 0.5) is 4.39 Å². The van der Waals surface area contributed by atoms with Crippen molar-refractivity contribution in [3.8, 4) is 0 Å². The lowest BCUT2D eigenvalue weighted by atomic mass is 9.99. The molecule has 0 amide bonds. The largest absolute Gasteiger partial charge is 0.466 e. The van der Waals surface area contributed by atoms with Crippen LogP contribution in [0, 0.1) is 19.7 Å². The summed E-state index contributed by atoms with van der Waals surface area (Å²) < 4.78 is 19.8. The molecule has 0 aliphatic rings. The highest BCUT2D eigenvalue weighted by molar-refractivity contribution is 9.10. The van der Waals surface area contributed by atoms with Crippen LogP contribution in [0.5, 0.6) is 0 Å². The van der Waals surface area contributed by atoms with Crippen molar-refractivity contribution in [3.05, 3.63) is 57.2 Å². The number of nitrogens with one attached hydrogen (secondary N) is 1. The van der Waals surface area contributed by atoms with Gasteiger partial charge < -0.3 is 9.73 Å². The van der Waals surface area contributed by atoms with Gasteiger partial charge >= 0.3 is 0 Å². The number of halogens is 2. The zero-order valence-electron chi connectivity index (χ0n) is 12.0. The van der Waals surface area contributed by atoms with E-state index in [9.17, 15) is 4.39 Å². The molecule has 1 heterocycles. The molecular weight excluding hydrogens is 321 g/mol. The van der Waals surface area contributed by atoms with E-state index in [-0.39, 0.29) is 11.9 Å². The lowest BCUT2D eigenvalue weighted by molar-refractivity contribution is 0.484. The molecule has 0 spiro atoms. The van der Waals surface area contributed by atoms with E-state index in [4.69, 9.17) is 4.42 Å². The van der Waals surface area contributed by atoms with Crippen LogP contribution >= 0.6 is 15.9 Å². The summed E-state index contributed by atoms with van der Waals surface area (Å²) >= 11 is 3.33. The molecular formula is C16H19BrFNO. The van der Waals surface area contributed by atoms with Gasteiger partial charge in [-0.2, -0.15) is 0 Å². The number of rotatable bonds is 5. The minimum atomic E-state index is -0.224. The van der Waals surface area contributed by atoms with E-state index in [1.54, 1.807) is 6.07 Å². The first-order valence-electron chi connectivity index (χ1n) is 6.76. The Hall–Kier alpha value is -1.13. The lowest BCUT2D eigenvalue weighted by Crippen LogP contribution is -2.23. The van der Waals surface area contributed by atoms with E-state index >= 15 is 0 Å². The maximum Gasteiger partial charge on any atom is 0.137 e. The van der Waals surface area contributed by atoms with Gasteiger partial charge in [-0.25, -0.2) is 4.39 Å². The quantitative estimate of drug-likeness (QED) is 0.854. The molecule has 1 atom stereocenters. The van der Waals surface area contributed by atoms with Gasteiger partial charge in [-0.05, 0) is 60.4 Å². The average molecular weight is 340 g/mol. The number of hydrogen-bond acceptors (Lipinski definition) is 2. The topological polar surface area (TPSA) is 25.2 Å².